The van der Waals surface area contributed by atoms with Crippen LogP contribution in [-0.4, -0.2) is 17.2 Å². The lowest BCUT2D eigenvalue weighted by molar-refractivity contribution is -0.146. The fourth-order valence-corrected chi connectivity index (χ4v) is 1.88. The van der Waals surface area contributed by atoms with E-state index in [1.807, 2.05) is 0 Å². The second kappa shape index (κ2) is 7.00. The van der Waals surface area contributed by atoms with Gasteiger partial charge in [0.2, 0.25) is 6.10 Å². The van der Waals surface area contributed by atoms with Gasteiger partial charge in [-0.2, -0.15) is 13.2 Å². The first-order chi connectivity index (χ1) is 10.9. The summed E-state index contributed by atoms with van der Waals surface area (Å²) in [5.41, 5.74) is -0.300. The van der Waals surface area contributed by atoms with E-state index in [-0.39, 0.29) is 0 Å². The van der Waals surface area contributed by atoms with Crippen LogP contribution in [0.15, 0.2) is 60.7 Å². The molecule has 0 spiro atoms. The van der Waals surface area contributed by atoms with Crippen LogP contribution < -0.4 is 4.74 Å². The number of carboxylic acid groups (broad SMARTS) is 1. The molecule has 2 rings (SSSR count). The first-order valence-electron chi connectivity index (χ1n) is 6.67. The molecule has 0 aliphatic heterocycles. The molecular formula is C17H13F3O3. The first kappa shape index (κ1) is 16.6. The van der Waals surface area contributed by atoms with Crippen molar-refractivity contribution in [2.45, 2.75) is 12.3 Å². The highest BCUT2D eigenvalue weighted by Gasteiger charge is 2.35. The van der Waals surface area contributed by atoms with Crippen molar-refractivity contribution < 1.29 is 27.8 Å². The number of hydrogen-bond donors (Lipinski definition) is 1. The van der Waals surface area contributed by atoms with Crippen molar-refractivity contribution in [3.05, 3.63) is 71.8 Å². The van der Waals surface area contributed by atoms with Gasteiger partial charge in [0.25, 0.3) is 0 Å². The number of carboxylic acids is 1. The number of rotatable bonds is 5. The van der Waals surface area contributed by atoms with Gasteiger partial charge >= 0.3 is 12.1 Å². The van der Waals surface area contributed by atoms with E-state index in [1.165, 1.54) is 24.3 Å². The fourth-order valence-electron chi connectivity index (χ4n) is 1.88. The van der Waals surface area contributed by atoms with Crippen molar-refractivity contribution in [2.75, 3.05) is 0 Å². The van der Waals surface area contributed by atoms with Crippen molar-refractivity contribution >= 4 is 12.0 Å². The standard InChI is InChI=1S/C17H13F3O3/c18-17(19,20)13-8-4-5-9-14(13)23-15(16(21)22)11-10-12-6-2-1-3-7-12/h1-11,15H,(H,21,22). The summed E-state index contributed by atoms with van der Waals surface area (Å²) < 4.78 is 43.8. The molecule has 1 unspecified atom stereocenters. The van der Waals surface area contributed by atoms with E-state index in [2.05, 4.69) is 0 Å². The number of benzene rings is 2. The maximum absolute atomic E-state index is 12.9. The van der Waals surface area contributed by atoms with Crippen molar-refractivity contribution in [2.24, 2.45) is 0 Å². The molecule has 120 valence electrons. The Morgan fingerprint density at radius 2 is 1.65 bits per heavy atom. The third-order valence-corrected chi connectivity index (χ3v) is 2.95. The van der Waals surface area contributed by atoms with Crippen LogP contribution in [0.1, 0.15) is 11.1 Å². The minimum atomic E-state index is -4.62. The molecule has 0 heterocycles. The molecule has 3 nitrogen and oxygen atoms in total. The Hall–Kier alpha value is -2.76. The number of carbonyl (C=O) groups is 1. The summed E-state index contributed by atoms with van der Waals surface area (Å²) in [7, 11) is 0. The molecular weight excluding hydrogens is 309 g/mol. The molecule has 2 aromatic carbocycles. The van der Waals surface area contributed by atoms with Crippen molar-refractivity contribution in [3.8, 4) is 5.75 Å². The Morgan fingerprint density at radius 3 is 2.26 bits per heavy atom. The minimum Gasteiger partial charge on any atom is -0.478 e. The molecule has 0 fully saturated rings. The van der Waals surface area contributed by atoms with Crippen LogP contribution in [0, 0.1) is 0 Å². The van der Waals surface area contributed by atoms with Crippen LogP contribution in [0.5, 0.6) is 5.75 Å². The topological polar surface area (TPSA) is 46.5 Å². The molecule has 0 amide bonds. The van der Waals surface area contributed by atoms with Crippen LogP contribution >= 0.6 is 0 Å². The molecule has 0 aromatic heterocycles. The Balaban J connectivity index is 2.24. The smallest absolute Gasteiger partial charge is 0.419 e. The molecule has 6 heteroatoms. The van der Waals surface area contributed by atoms with Gasteiger partial charge in [-0.05, 0) is 23.8 Å². The third-order valence-electron chi connectivity index (χ3n) is 2.95. The van der Waals surface area contributed by atoms with Crippen LogP contribution in [0.3, 0.4) is 0 Å². The zero-order valence-corrected chi connectivity index (χ0v) is 11.8. The van der Waals surface area contributed by atoms with Crippen molar-refractivity contribution in [3.63, 3.8) is 0 Å². The molecule has 0 aliphatic rings. The molecule has 0 aliphatic carbocycles. The lowest BCUT2D eigenvalue weighted by Gasteiger charge is -2.16. The lowest BCUT2D eigenvalue weighted by atomic mass is 10.1. The van der Waals surface area contributed by atoms with Gasteiger partial charge in [-0.3, -0.25) is 0 Å². The zero-order valence-electron chi connectivity index (χ0n) is 11.8. The quantitative estimate of drug-likeness (QED) is 0.895. The maximum atomic E-state index is 12.9. The monoisotopic (exact) mass is 322 g/mol. The minimum absolute atomic E-state index is 0.523. The van der Waals surface area contributed by atoms with Gasteiger partial charge in [-0.1, -0.05) is 48.5 Å². The highest BCUT2D eigenvalue weighted by atomic mass is 19.4. The highest BCUT2D eigenvalue weighted by molar-refractivity contribution is 5.77. The van der Waals surface area contributed by atoms with Crippen LogP contribution in [0.2, 0.25) is 0 Å². The third kappa shape index (κ3) is 4.60. The number of halogens is 3. The van der Waals surface area contributed by atoms with E-state index in [0.717, 1.165) is 12.1 Å². The summed E-state index contributed by atoms with van der Waals surface area (Å²) in [5, 5.41) is 9.15. The molecule has 0 saturated carbocycles. The van der Waals surface area contributed by atoms with Gasteiger partial charge in [-0.15, -0.1) is 0 Å². The second-order valence-electron chi connectivity index (χ2n) is 4.64. The number of aliphatic carboxylic acids is 1. The van der Waals surface area contributed by atoms with Gasteiger partial charge in [0.15, 0.2) is 0 Å². The molecule has 0 bridgehead atoms. The normalized spacial score (nSPS) is 13.0. The maximum Gasteiger partial charge on any atom is 0.419 e. The molecule has 0 saturated heterocycles. The largest absolute Gasteiger partial charge is 0.478 e. The second-order valence-corrected chi connectivity index (χ2v) is 4.64. The number of hydrogen-bond acceptors (Lipinski definition) is 2. The van der Waals surface area contributed by atoms with E-state index in [4.69, 9.17) is 9.84 Å². The summed E-state index contributed by atoms with van der Waals surface area (Å²) in [4.78, 5) is 11.2. The average Bonchev–Trinajstić information content (AvgIpc) is 2.51. The van der Waals surface area contributed by atoms with Crippen molar-refractivity contribution in [1.82, 2.24) is 0 Å². The molecule has 2 aromatic rings. The number of alkyl halides is 3. The first-order valence-corrected chi connectivity index (χ1v) is 6.67. The molecule has 23 heavy (non-hydrogen) atoms. The zero-order chi connectivity index (χ0) is 16.9. The average molecular weight is 322 g/mol. The van der Waals surface area contributed by atoms with Gasteiger partial charge in [-0.25, -0.2) is 4.79 Å². The van der Waals surface area contributed by atoms with E-state index >= 15 is 0 Å². The highest BCUT2D eigenvalue weighted by Crippen LogP contribution is 2.36. The molecule has 1 atom stereocenters. The Kier molecular flexibility index (Phi) is 5.05. The van der Waals surface area contributed by atoms with Crippen LogP contribution in [0.4, 0.5) is 13.2 Å². The Bertz CT molecular complexity index is 694. The summed E-state index contributed by atoms with van der Waals surface area (Å²) in [6.07, 6.45) is -3.47. The lowest BCUT2D eigenvalue weighted by Crippen LogP contribution is -2.25. The van der Waals surface area contributed by atoms with Crippen molar-refractivity contribution in [1.29, 1.82) is 0 Å². The van der Waals surface area contributed by atoms with Crippen LogP contribution in [-0.2, 0) is 11.0 Å². The SMILES string of the molecule is O=C(O)C(C=Cc1ccccc1)Oc1ccccc1C(F)(F)F. The summed E-state index contributed by atoms with van der Waals surface area (Å²) in [6.45, 7) is 0. The number of ether oxygens (including phenoxy) is 1. The summed E-state index contributed by atoms with van der Waals surface area (Å²) in [5.74, 6) is -1.90. The van der Waals surface area contributed by atoms with E-state index in [0.29, 0.717) is 5.56 Å². The van der Waals surface area contributed by atoms with Gasteiger partial charge in [0.1, 0.15) is 5.75 Å². The number of para-hydroxylation sites is 1. The van der Waals surface area contributed by atoms with Gasteiger partial charge in [0.05, 0.1) is 5.56 Å². The Morgan fingerprint density at radius 1 is 1.04 bits per heavy atom. The van der Waals surface area contributed by atoms with E-state index in [9.17, 15) is 18.0 Å². The van der Waals surface area contributed by atoms with E-state index in [1.54, 1.807) is 30.3 Å². The van der Waals surface area contributed by atoms with Crippen LogP contribution in [0.25, 0.3) is 6.08 Å². The predicted octanol–water partition coefficient (Wildman–Crippen LogP) is 4.25. The summed E-state index contributed by atoms with van der Waals surface area (Å²) >= 11 is 0. The van der Waals surface area contributed by atoms with E-state index < -0.39 is 29.6 Å². The molecule has 0 radical (unpaired) electrons. The Labute approximate surface area is 130 Å². The van der Waals surface area contributed by atoms with Gasteiger partial charge in [0, 0.05) is 0 Å². The summed E-state index contributed by atoms with van der Waals surface area (Å²) in [6, 6.07) is 13.3. The predicted molar refractivity (Wildman–Crippen MR) is 79.0 cm³/mol. The molecule has 1 N–H and O–H groups in total. The fraction of sp³-hybridized carbons (Fsp3) is 0.118. The van der Waals surface area contributed by atoms with Gasteiger partial charge < -0.3 is 9.84 Å².